The third-order valence-electron chi connectivity index (χ3n) is 3.01. The SMILES string of the molecule is CCNC(C)c1ccc(Br)cc1Sc1ccccc1Br. The monoisotopic (exact) mass is 413 g/mol. The molecule has 2 aromatic rings. The number of benzene rings is 2. The van der Waals surface area contributed by atoms with Gasteiger partial charge in [-0.25, -0.2) is 0 Å². The minimum atomic E-state index is 0.345. The van der Waals surface area contributed by atoms with E-state index in [0.29, 0.717) is 6.04 Å². The second-order valence-electron chi connectivity index (χ2n) is 4.49. The second-order valence-corrected chi connectivity index (χ2v) is 7.35. The van der Waals surface area contributed by atoms with Gasteiger partial charge < -0.3 is 5.32 Å². The lowest BCUT2D eigenvalue weighted by Crippen LogP contribution is -2.18. The van der Waals surface area contributed by atoms with Crippen molar-refractivity contribution in [2.45, 2.75) is 29.7 Å². The van der Waals surface area contributed by atoms with Gasteiger partial charge in [0.1, 0.15) is 0 Å². The van der Waals surface area contributed by atoms with Crippen molar-refractivity contribution in [1.29, 1.82) is 0 Å². The van der Waals surface area contributed by atoms with Crippen LogP contribution in [0.3, 0.4) is 0 Å². The predicted octanol–water partition coefficient (Wildman–Crippen LogP) is 6.03. The van der Waals surface area contributed by atoms with Gasteiger partial charge in [-0.2, -0.15) is 0 Å². The molecule has 20 heavy (non-hydrogen) atoms. The Kier molecular flexibility index (Phi) is 6.15. The highest BCUT2D eigenvalue weighted by Crippen LogP contribution is 2.38. The van der Waals surface area contributed by atoms with Gasteiger partial charge in [-0.3, -0.25) is 0 Å². The van der Waals surface area contributed by atoms with Crippen molar-refractivity contribution in [2.24, 2.45) is 0 Å². The van der Waals surface area contributed by atoms with Crippen LogP contribution in [-0.2, 0) is 0 Å². The average Bonchev–Trinajstić information content (AvgIpc) is 2.42. The van der Waals surface area contributed by atoms with Gasteiger partial charge in [-0.05, 0) is 59.2 Å². The van der Waals surface area contributed by atoms with Crippen LogP contribution in [0.1, 0.15) is 25.5 Å². The zero-order valence-electron chi connectivity index (χ0n) is 11.5. The van der Waals surface area contributed by atoms with Gasteiger partial charge >= 0.3 is 0 Å². The molecule has 0 saturated heterocycles. The molecule has 0 saturated carbocycles. The molecule has 106 valence electrons. The Hall–Kier alpha value is -0.290. The van der Waals surface area contributed by atoms with Gasteiger partial charge in [-0.15, -0.1) is 0 Å². The molecule has 0 aliphatic heterocycles. The van der Waals surface area contributed by atoms with E-state index >= 15 is 0 Å². The van der Waals surface area contributed by atoms with Gasteiger partial charge in [0, 0.05) is 24.8 Å². The molecule has 1 atom stereocenters. The van der Waals surface area contributed by atoms with Gasteiger partial charge in [0.05, 0.1) is 0 Å². The number of halogens is 2. The number of hydrogen-bond acceptors (Lipinski definition) is 2. The Balaban J connectivity index is 2.35. The Morgan fingerprint density at radius 1 is 1.10 bits per heavy atom. The molecule has 0 aromatic heterocycles. The van der Waals surface area contributed by atoms with E-state index < -0.39 is 0 Å². The van der Waals surface area contributed by atoms with Crippen LogP contribution in [0, 0.1) is 0 Å². The van der Waals surface area contributed by atoms with E-state index in [0.717, 1.165) is 15.5 Å². The summed E-state index contributed by atoms with van der Waals surface area (Å²) in [6.07, 6.45) is 0. The van der Waals surface area contributed by atoms with Gasteiger partial charge in [0.15, 0.2) is 0 Å². The fraction of sp³-hybridized carbons (Fsp3) is 0.250. The zero-order valence-corrected chi connectivity index (χ0v) is 15.5. The summed E-state index contributed by atoms with van der Waals surface area (Å²) in [5, 5.41) is 3.48. The van der Waals surface area contributed by atoms with E-state index in [9.17, 15) is 0 Å². The molecular weight excluding hydrogens is 398 g/mol. The van der Waals surface area contributed by atoms with Crippen molar-refractivity contribution >= 4 is 43.6 Å². The van der Waals surface area contributed by atoms with E-state index in [4.69, 9.17) is 0 Å². The van der Waals surface area contributed by atoms with Crippen molar-refractivity contribution < 1.29 is 0 Å². The standard InChI is InChI=1S/C16H17Br2NS/c1-3-19-11(2)13-9-8-12(17)10-16(13)20-15-7-5-4-6-14(15)18/h4-11,19H,3H2,1-2H3. The molecule has 0 fully saturated rings. The number of nitrogens with one attached hydrogen (secondary N) is 1. The van der Waals surface area contributed by atoms with Crippen LogP contribution in [0.15, 0.2) is 61.2 Å². The van der Waals surface area contributed by atoms with Gasteiger partial charge in [0.25, 0.3) is 0 Å². The number of hydrogen-bond donors (Lipinski definition) is 1. The van der Waals surface area contributed by atoms with Gasteiger partial charge in [-0.1, -0.05) is 52.8 Å². The zero-order chi connectivity index (χ0) is 14.5. The summed E-state index contributed by atoms with van der Waals surface area (Å²) in [7, 11) is 0. The topological polar surface area (TPSA) is 12.0 Å². The molecular formula is C16H17Br2NS. The Morgan fingerprint density at radius 3 is 2.55 bits per heavy atom. The molecule has 4 heteroatoms. The first-order valence-corrected chi connectivity index (χ1v) is 8.97. The molecule has 0 spiro atoms. The molecule has 1 nitrogen and oxygen atoms in total. The van der Waals surface area contributed by atoms with Crippen LogP contribution in [0.2, 0.25) is 0 Å². The Labute approximate surface area is 141 Å². The summed E-state index contributed by atoms with van der Waals surface area (Å²) in [4.78, 5) is 2.51. The molecule has 0 aliphatic rings. The third-order valence-corrected chi connectivity index (χ3v) is 5.61. The molecule has 1 unspecified atom stereocenters. The molecule has 0 aliphatic carbocycles. The van der Waals surface area contributed by atoms with E-state index in [1.165, 1.54) is 15.4 Å². The first-order valence-electron chi connectivity index (χ1n) is 6.57. The molecule has 0 radical (unpaired) electrons. The van der Waals surface area contributed by atoms with Crippen molar-refractivity contribution in [2.75, 3.05) is 6.54 Å². The largest absolute Gasteiger partial charge is 0.310 e. The van der Waals surface area contributed by atoms with Crippen LogP contribution in [0.25, 0.3) is 0 Å². The summed E-state index contributed by atoms with van der Waals surface area (Å²) in [6, 6.07) is 15.1. The normalized spacial score (nSPS) is 12.4. The molecule has 2 rings (SSSR count). The molecule has 0 bridgehead atoms. The summed E-state index contributed by atoms with van der Waals surface area (Å²) >= 11 is 8.98. The van der Waals surface area contributed by atoms with E-state index in [-0.39, 0.29) is 0 Å². The number of rotatable bonds is 5. The Bertz CT molecular complexity index is 586. The lowest BCUT2D eigenvalue weighted by Gasteiger charge is -2.17. The molecule has 0 amide bonds. The van der Waals surface area contributed by atoms with Crippen LogP contribution in [0.5, 0.6) is 0 Å². The first-order chi connectivity index (χ1) is 9.61. The second kappa shape index (κ2) is 7.64. The summed E-state index contributed by atoms with van der Waals surface area (Å²) in [5.41, 5.74) is 1.33. The van der Waals surface area contributed by atoms with Gasteiger partial charge in [0.2, 0.25) is 0 Å². The first kappa shape index (κ1) is 16.1. The minimum absolute atomic E-state index is 0.345. The van der Waals surface area contributed by atoms with Crippen molar-refractivity contribution in [3.05, 3.63) is 57.0 Å². The lowest BCUT2D eigenvalue weighted by molar-refractivity contribution is 0.589. The fourth-order valence-corrected chi connectivity index (χ4v) is 4.15. The summed E-state index contributed by atoms with van der Waals surface area (Å²) in [6.45, 7) is 5.31. The van der Waals surface area contributed by atoms with Crippen molar-refractivity contribution in [3.8, 4) is 0 Å². The van der Waals surface area contributed by atoms with Crippen LogP contribution < -0.4 is 5.32 Å². The summed E-state index contributed by atoms with van der Waals surface area (Å²) in [5.74, 6) is 0. The summed E-state index contributed by atoms with van der Waals surface area (Å²) < 4.78 is 2.24. The maximum absolute atomic E-state index is 3.62. The maximum atomic E-state index is 3.62. The highest BCUT2D eigenvalue weighted by atomic mass is 79.9. The van der Waals surface area contributed by atoms with Crippen LogP contribution in [0.4, 0.5) is 0 Å². The third kappa shape index (κ3) is 4.10. The predicted molar refractivity (Wildman–Crippen MR) is 94.5 cm³/mol. The fourth-order valence-electron chi connectivity index (χ4n) is 2.02. The lowest BCUT2D eigenvalue weighted by atomic mass is 10.1. The van der Waals surface area contributed by atoms with E-state index in [1.54, 1.807) is 11.8 Å². The quantitative estimate of drug-likeness (QED) is 0.640. The molecule has 1 N–H and O–H groups in total. The Morgan fingerprint density at radius 2 is 1.85 bits per heavy atom. The smallest absolute Gasteiger partial charge is 0.0314 e. The van der Waals surface area contributed by atoms with E-state index in [1.807, 2.05) is 6.07 Å². The maximum Gasteiger partial charge on any atom is 0.0314 e. The van der Waals surface area contributed by atoms with Crippen molar-refractivity contribution in [1.82, 2.24) is 5.32 Å². The van der Waals surface area contributed by atoms with Crippen molar-refractivity contribution in [3.63, 3.8) is 0 Å². The highest BCUT2D eigenvalue weighted by Gasteiger charge is 2.12. The van der Waals surface area contributed by atoms with Crippen LogP contribution in [-0.4, -0.2) is 6.54 Å². The average molecular weight is 415 g/mol. The van der Waals surface area contributed by atoms with Crippen LogP contribution >= 0.6 is 43.6 Å². The highest BCUT2D eigenvalue weighted by molar-refractivity contribution is 9.10. The molecule has 0 heterocycles. The van der Waals surface area contributed by atoms with E-state index in [2.05, 4.69) is 87.4 Å². The molecule has 2 aromatic carbocycles. The minimum Gasteiger partial charge on any atom is -0.310 e.